The molecule has 0 atom stereocenters. The van der Waals surface area contributed by atoms with Crippen molar-refractivity contribution < 1.29 is 45.1 Å². The summed E-state index contributed by atoms with van der Waals surface area (Å²) in [5.41, 5.74) is 0. The highest BCUT2D eigenvalue weighted by atomic mass is 17.0. The Morgan fingerprint density at radius 3 is 0.833 bits per heavy atom. The van der Waals surface area contributed by atoms with Crippen LogP contribution in [-0.4, -0.2) is 51.0 Å². The number of hydrogen-bond acceptors (Lipinski definition) is 12. The van der Waals surface area contributed by atoms with Crippen molar-refractivity contribution in [3.63, 3.8) is 0 Å². The number of aliphatic hydroxyl groups excluding tert-OH is 3. The van der Waals surface area contributed by atoms with Gasteiger partial charge in [-0.15, -0.1) is 30.3 Å². The van der Waals surface area contributed by atoms with E-state index in [-0.39, 0.29) is 0 Å². The molecular weight excluding hydrogens is 270 g/mol. The lowest BCUT2D eigenvalue weighted by Gasteiger charge is -1.83. The molecule has 0 saturated carbocycles. The minimum Gasteiger partial charge on any atom is -0.371 e. The number of aliphatic hydroxyl groups is 3. The lowest BCUT2D eigenvalue weighted by Crippen LogP contribution is -1.99. The summed E-state index contributed by atoms with van der Waals surface area (Å²) in [6.45, 7) is -2.60. The van der Waals surface area contributed by atoms with Crippen LogP contribution in [0, 0.1) is 30.3 Å². The van der Waals surface area contributed by atoms with Gasteiger partial charge in [-0.3, -0.25) is 14.5 Å². The van der Waals surface area contributed by atoms with E-state index in [2.05, 4.69) is 14.5 Å². The highest BCUT2D eigenvalue weighted by Crippen LogP contribution is 1.65. The maximum atomic E-state index is 9.02. The van der Waals surface area contributed by atoms with Gasteiger partial charge in [0.25, 0.3) is 15.3 Å². The minimum absolute atomic E-state index is 0.868. The second-order valence-corrected chi connectivity index (χ2v) is 1.45. The molecule has 0 bridgehead atoms. The van der Waals surface area contributed by atoms with Gasteiger partial charge in [-0.05, 0) is 0 Å². The van der Waals surface area contributed by atoms with Crippen LogP contribution in [0.4, 0.5) is 0 Å². The van der Waals surface area contributed by atoms with Gasteiger partial charge in [0.05, 0.1) is 0 Å². The second kappa shape index (κ2) is 16.9. The molecule has 0 aromatic carbocycles. The molecule has 0 aromatic rings. The molecule has 3 N–H and O–H groups in total. The van der Waals surface area contributed by atoms with Gasteiger partial charge in [0.1, 0.15) is 0 Å². The zero-order valence-corrected chi connectivity index (χ0v) is 8.48. The van der Waals surface area contributed by atoms with Gasteiger partial charge >= 0.3 is 0 Å². The Kier molecular flexibility index (Phi) is 19.6. The summed E-state index contributed by atoms with van der Waals surface area (Å²) in [5.74, 6) is 0. The van der Waals surface area contributed by atoms with Gasteiger partial charge < -0.3 is 15.3 Å². The van der Waals surface area contributed by atoms with Gasteiger partial charge in [0.2, 0.25) is 0 Å². The molecule has 15 heteroatoms. The summed E-state index contributed by atoms with van der Waals surface area (Å²) in [6, 6.07) is 0. The highest BCUT2D eigenvalue weighted by Gasteiger charge is 1.85. The van der Waals surface area contributed by atoms with Crippen LogP contribution < -0.4 is 0 Å². The summed E-state index contributed by atoms with van der Waals surface area (Å²) >= 11 is 0. The van der Waals surface area contributed by atoms with Crippen molar-refractivity contribution in [3.8, 4) is 0 Å². The minimum atomic E-state index is -1.07. The Morgan fingerprint density at radius 1 is 0.667 bits per heavy atom. The third-order valence-corrected chi connectivity index (χ3v) is 0.489. The van der Waals surface area contributed by atoms with E-state index in [0.29, 0.717) is 0 Å². The molecule has 0 aliphatic heterocycles. The van der Waals surface area contributed by atoms with Gasteiger partial charge in [-0.25, -0.2) is 0 Å². The van der Waals surface area contributed by atoms with E-state index in [1.54, 1.807) is 0 Å². The van der Waals surface area contributed by atoms with Crippen LogP contribution in [0.15, 0.2) is 0 Å². The van der Waals surface area contributed by atoms with Crippen molar-refractivity contribution in [1.82, 2.24) is 0 Å². The molecule has 0 aliphatic carbocycles. The average Bonchev–Trinajstić information content (AvgIpc) is 2.18. The molecule has 0 aromatic heterocycles. The van der Waals surface area contributed by atoms with E-state index in [0.717, 1.165) is 0 Å². The molecule has 0 amide bonds. The van der Waals surface area contributed by atoms with Gasteiger partial charge in [-0.2, -0.15) is 0 Å². The smallest absolute Gasteiger partial charge is 0.296 e. The molecule has 0 radical (unpaired) electrons. The number of rotatable bonds is 6. The second-order valence-electron chi connectivity index (χ2n) is 1.45. The molecule has 0 rings (SSSR count). The molecule has 0 saturated heterocycles. The quantitative estimate of drug-likeness (QED) is 0.259. The van der Waals surface area contributed by atoms with Crippen LogP contribution in [0.25, 0.3) is 0 Å². The van der Waals surface area contributed by atoms with Crippen molar-refractivity contribution in [2.24, 2.45) is 0 Å². The van der Waals surface area contributed by atoms with Crippen molar-refractivity contribution >= 4 is 0 Å². The van der Waals surface area contributed by atoms with E-state index in [4.69, 9.17) is 45.7 Å². The fourth-order valence-corrected chi connectivity index (χ4v) is 0.141. The van der Waals surface area contributed by atoms with E-state index in [1.807, 2.05) is 0 Å². The summed E-state index contributed by atoms with van der Waals surface area (Å²) in [4.78, 5) is 37.0. The average molecular weight is 279 g/mol. The maximum Gasteiger partial charge on any atom is 0.296 e. The lowest BCUT2D eigenvalue weighted by atomic mass is 11.5. The van der Waals surface area contributed by atoms with Gasteiger partial charge in [0.15, 0.2) is 20.4 Å². The first kappa shape index (κ1) is 20.8. The standard InChI is InChI=1S/3CH3NO4/c3*3-1-6-2(4)5/h3*3H,1H2. The molecule has 0 heterocycles. The van der Waals surface area contributed by atoms with Crippen molar-refractivity contribution in [2.75, 3.05) is 20.4 Å². The normalized spacial score (nSPS) is 7.50. The van der Waals surface area contributed by atoms with Crippen LogP contribution in [0.5, 0.6) is 0 Å². The van der Waals surface area contributed by atoms with Gasteiger partial charge in [-0.1, -0.05) is 0 Å². The molecule has 18 heavy (non-hydrogen) atoms. The fraction of sp³-hybridized carbons (Fsp3) is 1.00. The Balaban J connectivity index is -0.000000187. The topological polar surface area (TPSA) is 218 Å². The highest BCUT2D eigenvalue weighted by molar-refractivity contribution is 3.89. The zero-order valence-electron chi connectivity index (χ0n) is 8.48. The molecule has 0 unspecified atom stereocenters. The predicted molar refractivity (Wildman–Crippen MR) is 45.5 cm³/mol. The fourth-order valence-electron chi connectivity index (χ4n) is 0.141. The summed E-state index contributed by atoms with van der Waals surface area (Å²) in [7, 11) is 0. The van der Waals surface area contributed by atoms with E-state index < -0.39 is 35.6 Å². The summed E-state index contributed by atoms with van der Waals surface area (Å²) in [6.07, 6.45) is 0. The van der Waals surface area contributed by atoms with Crippen LogP contribution in [0.1, 0.15) is 0 Å². The van der Waals surface area contributed by atoms with Crippen molar-refractivity contribution in [2.45, 2.75) is 0 Å². The summed E-state index contributed by atoms with van der Waals surface area (Å²) in [5, 5.41) is 46.6. The molecular formula is C3H9N3O12. The Labute approximate surface area is 97.0 Å². The van der Waals surface area contributed by atoms with Crippen LogP contribution >= 0.6 is 0 Å². The molecule has 0 aliphatic rings. The molecule has 0 fully saturated rings. The zero-order chi connectivity index (χ0) is 15.0. The first-order chi connectivity index (χ1) is 8.31. The maximum absolute atomic E-state index is 9.02. The third kappa shape index (κ3) is 50.0. The Morgan fingerprint density at radius 2 is 0.833 bits per heavy atom. The van der Waals surface area contributed by atoms with E-state index in [9.17, 15) is 0 Å². The van der Waals surface area contributed by atoms with Crippen LogP contribution in [0.2, 0.25) is 0 Å². The predicted octanol–water partition coefficient (Wildman–Crippen LogP) is -2.57. The SMILES string of the molecule is O=[N+]([O-])OCO.O=[N+]([O-])OCO.O=[N+]([O-])OCO. The van der Waals surface area contributed by atoms with E-state index in [1.165, 1.54) is 0 Å². The van der Waals surface area contributed by atoms with Crippen LogP contribution in [0.3, 0.4) is 0 Å². The Bertz CT molecular complexity index is 193. The molecule has 15 nitrogen and oxygen atoms in total. The Hall–Kier alpha value is -2.52. The van der Waals surface area contributed by atoms with Crippen molar-refractivity contribution in [1.29, 1.82) is 0 Å². The monoisotopic (exact) mass is 279 g/mol. The number of nitrogens with zero attached hydrogens (tertiary/aromatic N) is 3. The first-order valence-electron chi connectivity index (χ1n) is 3.46. The van der Waals surface area contributed by atoms with Crippen LogP contribution in [-0.2, 0) is 14.5 Å². The third-order valence-electron chi connectivity index (χ3n) is 0.489. The molecule has 108 valence electrons. The van der Waals surface area contributed by atoms with E-state index >= 15 is 0 Å². The largest absolute Gasteiger partial charge is 0.371 e. The van der Waals surface area contributed by atoms with Gasteiger partial charge in [0, 0.05) is 0 Å². The summed E-state index contributed by atoms with van der Waals surface area (Å²) < 4.78 is 0. The molecule has 0 spiro atoms. The number of hydrogen-bond donors (Lipinski definition) is 3. The first-order valence-corrected chi connectivity index (χ1v) is 3.46. The van der Waals surface area contributed by atoms with Crippen molar-refractivity contribution in [3.05, 3.63) is 30.3 Å². The lowest BCUT2D eigenvalue weighted by molar-refractivity contribution is -0.766.